The molecule has 6 heteroatoms. The quantitative estimate of drug-likeness (QED) is 0.722. The van der Waals surface area contributed by atoms with E-state index in [1.807, 2.05) is 27.7 Å². The van der Waals surface area contributed by atoms with Crippen LogP contribution in [0.5, 0.6) is 17.8 Å². The standard InChI is InChI=1S/C12H18N2O4/c1-7(2)17-10-9(6-15)11(18-8(3)4)14-12(13-10)16-5/h6-8H,1-5H3. The number of carbonyl (C=O) groups excluding carboxylic acids is 1. The molecule has 6 nitrogen and oxygen atoms in total. The highest BCUT2D eigenvalue weighted by atomic mass is 16.5. The molecule has 100 valence electrons. The Kier molecular flexibility index (Phi) is 4.88. The predicted octanol–water partition coefficient (Wildman–Crippen LogP) is 1.87. The van der Waals surface area contributed by atoms with Crippen molar-refractivity contribution >= 4 is 6.29 Å². The molecule has 0 amide bonds. The first-order chi connectivity index (χ1) is 8.47. The summed E-state index contributed by atoms with van der Waals surface area (Å²) in [6.07, 6.45) is 0.389. The van der Waals surface area contributed by atoms with Crippen LogP contribution in [0.15, 0.2) is 0 Å². The first-order valence-electron chi connectivity index (χ1n) is 5.72. The molecule has 0 bridgehead atoms. The molecule has 1 aromatic heterocycles. The summed E-state index contributed by atoms with van der Waals surface area (Å²) in [6, 6.07) is 0.104. The average molecular weight is 254 g/mol. The normalized spacial score (nSPS) is 10.6. The van der Waals surface area contributed by atoms with Crippen molar-refractivity contribution in [1.29, 1.82) is 0 Å². The van der Waals surface area contributed by atoms with Crippen molar-refractivity contribution in [3.63, 3.8) is 0 Å². The van der Waals surface area contributed by atoms with Crippen LogP contribution in [-0.2, 0) is 0 Å². The lowest BCUT2D eigenvalue weighted by Gasteiger charge is -2.15. The van der Waals surface area contributed by atoms with Crippen LogP contribution < -0.4 is 14.2 Å². The minimum absolute atomic E-state index is 0.104. The first-order valence-corrected chi connectivity index (χ1v) is 5.72. The number of nitrogens with zero attached hydrogens (tertiary/aromatic N) is 2. The van der Waals surface area contributed by atoms with Gasteiger partial charge in [0, 0.05) is 0 Å². The van der Waals surface area contributed by atoms with Gasteiger partial charge in [0.15, 0.2) is 6.29 Å². The number of rotatable bonds is 6. The summed E-state index contributed by atoms with van der Waals surface area (Å²) < 4.78 is 15.9. The fourth-order valence-electron chi connectivity index (χ4n) is 1.23. The molecular formula is C12H18N2O4. The Hall–Kier alpha value is -1.85. The second kappa shape index (κ2) is 6.18. The van der Waals surface area contributed by atoms with Crippen LogP contribution in [0.2, 0.25) is 0 Å². The highest BCUT2D eigenvalue weighted by Crippen LogP contribution is 2.27. The fraction of sp³-hybridized carbons (Fsp3) is 0.583. The molecule has 0 N–H and O–H groups in total. The minimum atomic E-state index is -0.116. The van der Waals surface area contributed by atoms with Gasteiger partial charge in [-0.3, -0.25) is 4.79 Å². The summed E-state index contributed by atoms with van der Waals surface area (Å²) in [4.78, 5) is 19.1. The fourth-order valence-corrected chi connectivity index (χ4v) is 1.23. The third-order valence-electron chi connectivity index (χ3n) is 1.85. The van der Waals surface area contributed by atoms with Gasteiger partial charge in [-0.05, 0) is 27.7 Å². The second-order valence-corrected chi connectivity index (χ2v) is 4.19. The Bertz CT molecular complexity index is 388. The summed E-state index contributed by atoms with van der Waals surface area (Å²) in [5, 5.41) is 0. The average Bonchev–Trinajstić information content (AvgIpc) is 2.27. The van der Waals surface area contributed by atoms with Crippen LogP contribution in [-0.4, -0.2) is 35.6 Å². The molecular weight excluding hydrogens is 236 g/mol. The van der Waals surface area contributed by atoms with E-state index in [4.69, 9.17) is 14.2 Å². The molecule has 0 aliphatic heterocycles. The van der Waals surface area contributed by atoms with Gasteiger partial charge in [0.05, 0.1) is 19.3 Å². The number of aromatic nitrogens is 2. The van der Waals surface area contributed by atoms with Gasteiger partial charge in [-0.25, -0.2) is 0 Å². The maximum absolute atomic E-state index is 11.1. The van der Waals surface area contributed by atoms with Crippen LogP contribution in [0.25, 0.3) is 0 Å². The maximum Gasteiger partial charge on any atom is 0.322 e. The lowest BCUT2D eigenvalue weighted by atomic mass is 10.3. The van der Waals surface area contributed by atoms with Crippen molar-refractivity contribution < 1.29 is 19.0 Å². The van der Waals surface area contributed by atoms with E-state index in [1.54, 1.807) is 0 Å². The summed E-state index contributed by atoms with van der Waals surface area (Å²) in [6.45, 7) is 7.36. The Morgan fingerprint density at radius 3 is 1.72 bits per heavy atom. The van der Waals surface area contributed by atoms with Crippen LogP contribution in [0, 0.1) is 0 Å². The summed E-state index contributed by atoms with van der Waals surface area (Å²) in [5.74, 6) is 0.338. The number of ether oxygens (including phenoxy) is 3. The smallest absolute Gasteiger partial charge is 0.322 e. The molecule has 18 heavy (non-hydrogen) atoms. The number of methoxy groups -OCH3 is 1. The van der Waals surface area contributed by atoms with Crippen LogP contribution in [0.3, 0.4) is 0 Å². The zero-order chi connectivity index (χ0) is 13.7. The SMILES string of the molecule is COc1nc(OC(C)C)c(C=O)c(OC(C)C)n1. The van der Waals surface area contributed by atoms with Gasteiger partial charge in [0.25, 0.3) is 0 Å². The highest BCUT2D eigenvalue weighted by Gasteiger charge is 2.19. The van der Waals surface area contributed by atoms with Crippen molar-refractivity contribution in [2.45, 2.75) is 39.9 Å². The van der Waals surface area contributed by atoms with Gasteiger partial charge in [-0.15, -0.1) is 0 Å². The van der Waals surface area contributed by atoms with E-state index in [0.29, 0.717) is 6.29 Å². The predicted molar refractivity (Wildman–Crippen MR) is 65.5 cm³/mol. The largest absolute Gasteiger partial charge is 0.474 e. The van der Waals surface area contributed by atoms with Crippen molar-refractivity contribution in [3.8, 4) is 17.8 Å². The number of hydrogen-bond donors (Lipinski definition) is 0. The Morgan fingerprint density at radius 1 is 1.00 bits per heavy atom. The molecule has 0 unspecified atom stereocenters. The van der Waals surface area contributed by atoms with Crippen molar-refractivity contribution in [2.75, 3.05) is 7.11 Å². The zero-order valence-corrected chi connectivity index (χ0v) is 11.3. The highest BCUT2D eigenvalue weighted by molar-refractivity contribution is 5.81. The Morgan fingerprint density at radius 2 is 1.44 bits per heavy atom. The third-order valence-corrected chi connectivity index (χ3v) is 1.85. The lowest BCUT2D eigenvalue weighted by molar-refractivity contribution is 0.110. The molecule has 0 spiro atoms. The molecule has 0 fully saturated rings. The molecule has 0 atom stereocenters. The summed E-state index contributed by atoms with van der Waals surface area (Å²) >= 11 is 0. The number of hydrogen-bond acceptors (Lipinski definition) is 6. The van der Waals surface area contributed by atoms with Gasteiger partial charge in [-0.1, -0.05) is 0 Å². The molecule has 0 aliphatic carbocycles. The molecule has 1 rings (SSSR count). The van der Waals surface area contributed by atoms with E-state index < -0.39 is 0 Å². The third kappa shape index (κ3) is 3.58. The number of carbonyl (C=O) groups is 1. The minimum Gasteiger partial charge on any atom is -0.474 e. The lowest BCUT2D eigenvalue weighted by Crippen LogP contribution is -2.14. The molecule has 0 aromatic carbocycles. The molecule has 0 aliphatic rings. The Balaban J connectivity index is 3.25. The van der Waals surface area contributed by atoms with Crippen LogP contribution >= 0.6 is 0 Å². The van der Waals surface area contributed by atoms with Crippen molar-refractivity contribution in [2.24, 2.45) is 0 Å². The second-order valence-electron chi connectivity index (χ2n) is 4.19. The molecule has 1 heterocycles. The van der Waals surface area contributed by atoms with Crippen molar-refractivity contribution in [3.05, 3.63) is 5.56 Å². The van der Waals surface area contributed by atoms with Gasteiger partial charge >= 0.3 is 6.01 Å². The topological polar surface area (TPSA) is 70.5 Å². The van der Waals surface area contributed by atoms with Crippen LogP contribution in [0.4, 0.5) is 0 Å². The summed E-state index contributed by atoms with van der Waals surface area (Å²) in [7, 11) is 1.44. The van der Waals surface area contributed by atoms with Crippen LogP contribution in [0.1, 0.15) is 38.1 Å². The monoisotopic (exact) mass is 254 g/mol. The molecule has 0 radical (unpaired) electrons. The Labute approximate surface area is 106 Å². The zero-order valence-electron chi connectivity index (χ0n) is 11.3. The summed E-state index contributed by atoms with van der Waals surface area (Å²) in [5.41, 5.74) is 0.193. The van der Waals surface area contributed by atoms with E-state index in [2.05, 4.69) is 9.97 Å². The molecule has 0 saturated carbocycles. The van der Waals surface area contributed by atoms with Gasteiger partial charge in [0.2, 0.25) is 11.8 Å². The van der Waals surface area contributed by atoms with Crippen molar-refractivity contribution in [1.82, 2.24) is 9.97 Å². The number of aldehydes is 1. The van der Waals surface area contributed by atoms with E-state index in [9.17, 15) is 4.79 Å². The van der Waals surface area contributed by atoms with Gasteiger partial charge < -0.3 is 14.2 Å². The van der Waals surface area contributed by atoms with E-state index in [-0.39, 0.29) is 35.5 Å². The van der Waals surface area contributed by atoms with E-state index >= 15 is 0 Å². The van der Waals surface area contributed by atoms with Gasteiger partial charge in [0.1, 0.15) is 5.56 Å². The van der Waals surface area contributed by atoms with E-state index in [0.717, 1.165) is 0 Å². The molecule has 1 aromatic rings. The van der Waals surface area contributed by atoms with Gasteiger partial charge in [-0.2, -0.15) is 9.97 Å². The van der Waals surface area contributed by atoms with E-state index in [1.165, 1.54) is 7.11 Å². The maximum atomic E-state index is 11.1. The first kappa shape index (κ1) is 14.2. The molecule has 0 saturated heterocycles.